The first-order valence-electron chi connectivity index (χ1n) is 7.42. The van der Waals surface area contributed by atoms with Crippen LogP contribution in [0.4, 0.5) is 0 Å². The molecule has 0 bridgehead atoms. The van der Waals surface area contributed by atoms with Crippen molar-refractivity contribution in [2.45, 2.75) is 77.8 Å². The molecule has 0 aromatic rings. The quantitative estimate of drug-likeness (QED) is 0.461. The van der Waals surface area contributed by atoms with Crippen molar-refractivity contribution in [1.82, 2.24) is 0 Å². The molecule has 0 aliphatic heterocycles. The molecule has 0 N–H and O–H groups in total. The number of ether oxygens (including phenoxy) is 1. The second-order valence-electron chi connectivity index (χ2n) is 7.01. The van der Waals surface area contributed by atoms with E-state index in [2.05, 4.69) is 54.3 Å². The van der Waals surface area contributed by atoms with Gasteiger partial charge in [-0.25, -0.2) is 0 Å². The minimum absolute atomic E-state index is 0.201. The van der Waals surface area contributed by atoms with Gasteiger partial charge in [-0.15, -0.1) is 6.58 Å². The Kier molecular flexibility index (Phi) is 7.55. The molecule has 0 rings (SSSR count). The maximum Gasteiger partial charge on any atom is 0.192 e. The van der Waals surface area contributed by atoms with Gasteiger partial charge in [0, 0.05) is 19.1 Å². The second kappa shape index (κ2) is 7.60. The molecule has 0 heterocycles. The zero-order chi connectivity index (χ0) is 15.3. The van der Waals surface area contributed by atoms with Gasteiger partial charge in [0.25, 0.3) is 0 Å². The molecule has 0 aromatic carbocycles. The SMILES string of the molecule is C=C[C@H](C)[C@H](C[C@@H](CC)O[Si](C)(C)C(C)(C)C)OC. The predicted octanol–water partition coefficient (Wildman–Crippen LogP) is 5.01. The van der Waals surface area contributed by atoms with Gasteiger partial charge < -0.3 is 9.16 Å². The molecular weight excluding hydrogens is 252 g/mol. The monoisotopic (exact) mass is 286 g/mol. The topological polar surface area (TPSA) is 18.5 Å². The first-order chi connectivity index (χ1) is 8.59. The number of hydrogen-bond donors (Lipinski definition) is 0. The molecule has 114 valence electrons. The maximum atomic E-state index is 6.50. The van der Waals surface area contributed by atoms with E-state index in [0.29, 0.717) is 5.92 Å². The summed E-state index contributed by atoms with van der Waals surface area (Å²) >= 11 is 0. The average molecular weight is 287 g/mol. The van der Waals surface area contributed by atoms with E-state index in [-0.39, 0.29) is 17.2 Å². The summed E-state index contributed by atoms with van der Waals surface area (Å²) in [7, 11) is 0.0866. The van der Waals surface area contributed by atoms with Crippen LogP contribution in [0.3, 0.4) is 0 Å². The average Bonchev–Trinajstić information content (AvgIpc) is 2.31. The molecule has 3 atom stereocenters. The van der Waals surface area contributed by atoms with Crippen molar-refractivity contribution in [3.63, 3.8) is 0 Å². The standard InChI is InChI=1S/C16H34O2Si/c1-10-13(3)15(17-7)12-14(11-2)18-19(8,9)16(4,5)6/h10,13-15H,1,11-12H2,2-9H3/t13-,14+,15-/m0/s1. The molecule has 0 saturated carbocycles. The van der Waals surface area contributed by atoms with Crippen LogP contribution in [0.1, 0.15) is 47.5 Å². The summed E-state index contributed by atoms with van der Waals surface area (Å²) in [5, 5.41) is 0.257. The Morgan fingerprint density at radius 1 is 1.26 bits per heavy atom. The summed E-state index contributed by atoms with van der Waals surface area (Å²) in [5.41, 5.74) is 0. The minimum atomic E-state index is -1.69. The summed E-state index contributed by atoms with van der Waals surface area (Å²) in [6, 6.07) is 0. The predicted molar refractivity (Wildman–Crippen MR) is 87.1 cm³/mol. The van der Waals surface area contributed by atoms with E-state index in [0.717, 1.165) is 12.8 Å². The van der Waals surface area contributed by atoms with E-state index in [1.165, 1.54) is 0 Å². The number of rotatable bonds is 8. The molecule has 0 aliphatic carbocycles. The van der Waals surface area contributed by atoms with Gasteiger partial charge in [-0.1, -0.05) is 40.7 Å². The van der Waals surface area contributed by atoms with Crippen molar-refractivity contribution in [3.05, 3.63) is 12.7 Å². The molecule has 0 spiro atoms. The molecule has 3 heteroatoms. The van der Waals surface area contributed by atoms with Crippen LogP contribution >= 0.6 is 0 Å². The summed E-state index contributed by atoms with van der Waals surface area (Å²) in [6.07, 6.45) is 4.44. The van der Waals surface area contributed by atoms with Crippen LogP contribution in [0.25, 0.3) is 0 Å². The van der Waals surface area contributed by atoms with Gasteiger partial charge in [-0.3, -0.25) is 0 Å². The van der Waals surface area contributed by atoms with Crippen LogP contribution in [0.5, 0.6) is 0 Å². The summed E-state index contributed by atoms with van der Waals surface area (Å²) in [5.74, 6) is 0.363. The molecule has 0 amide bonds. The van der Waals surface area contributed by atoms with Gasteiger partial charge in [0.2, 0.25) is 0 Å². The van der Waals surface area contributed by atoms with Crippen LogP contribution in [-0.2, 0) is 9.16 Å². The van der Waals surface area contributed by atoms with Crippen molar-refractivity contribution in [3.8, 4) is 0 Å². The highest BCUT2D eigenvalue weighted by Gasteiger charge is 2.39. The van der Waals surface area contributed by atoms with E-state index >= 15 is 0 Å². The van der Waals surface area contributed by atoms with Crippen LogP contribution in [0.15, 0.2) is 12.7 Å². The first kappa shape index (κ1) is 18.9. The Morgan fingerprint density at radius 3 is 2.11 bits per heavy atom. The van der Waals surface area contributed by atoms with Crippen LogP contribution in [-0.4, -0.2) is 27.6 Å². The Morgan fingerprint density at radius 2 is 1.79 bits per heavy atom. The summed E-state index contributed by atoms with van der Waals surface area (Å²) in [4.78, 5) is 0. The highest BCUT2D eigenvalue weighted by molar-refractivity contribution is 6.74. The second-order valence-corrected chi connectivity index (χ2v) is 11.8. The van der Waals surface area contributed by atoms with E-state index < -0.39 is 8.32 Å². The summed E-state index contributed by atoms with van der Waals surface area (Å²) < 4.78 is 12.1. The largest absolute Gasteiger partial charge is 0.414 e. The number of hydrogen-bond acceptors (Lipinski definition) is 2. The molecule has 2 nitrogen and oxygen atoms in total. The van der Waals surface area contributed by atoms with Crippen LogP contribution < -0.4 is 0 Å². The zero-order valence-corrected chi connectivity index (χ0v) is 15.2. The molecule has 0 fully saturated rings. The van der Waals surface area contributed by atoms with E-state index in [1.807, 2.05) is 6.08 Å². The Labute approximate surface area is 121 Å². The third-order valence-electron chi connectivity index (χ3n) is 4.48. The van der Waals surface area contributed by atoms with Gasteiger partial charge in [0.1, 0.15) is 0 Å². The third-order valence-corrected chi connectivity index (χ3v) is 9.01. The molecule has 0 radical (unpaired) electrons. The Bertz CT molecular complexity index is 268. The first-order valence-corrected chi connectivity index (χ1v) is 10.3. The lowest BCUT2D eigenvalue weighted by Gasteiger charge is -2.40. The van der Waals surface area contributed by atoms with Crippen molar-refractivity contribution < 1.29 is 9.16 Å². The highest BCUT2D eigenvalue weighted by Crippen LogP contribution is 2.38. The lowest BCUT2D eigenvalue weighted by Crippen LogP contribution is -2.44. The Hall–Kier alpha value is -0.123. The molecule has 19 heavy (non-hydrogen) atoms. The van der Waals surface area contributed by atoms with Crippen LogP contribution in [0.2, 0.25) is 18.1 Å². The molecule has 0 aliphatic rings. The molecule has 0 unspecified atom stereocenters. The lowest BCUT2D eigenvalue weighted by molar-refractivity contribution is 0.0274. The smallest absolute Gasteiger partial charge is 0.192 e. The van der Waals surface area contributed by atoms with Gasteiger partial charge >= 0.3 is 0 Å². The van der Waals surface area contributed by atoms with E-state index in [1.54, 1.807) is 7.11 Å². The van der Waals surface area contributed by atoms with Gasteiger partial charge in [-0.05, 0) is 31.0 Å². The fraction of sp³-hybridized carbons (Fsp3) is 0.875. The molecule has 0 aromatic heterocycles. The van der Waals surface area contributed by atoms with Crippen molar-refractivity contribution in [2.24, 2.45) is 5.92 Å². The van der Waals surface area contributed by atoms with Crippen molar-refractivity contribution in [2.75, 3.05) is 7.11 Å². The highest BCUT2D eigenvalue weighted by atomic mass is 28.4. The van der Waals surface area contributed by atoms with Crippen LogP contribution in [0, 0.1) is 5.92 Å². The maximum absolute atomic E-state index is 6.50. The Balaban J connectivity index is 4.72. The van der Waals surface area contributed by atoms with Gasteiger partial charge in [-0.2, -0.15) is 0 Å². The van der Waals surface area contributed by atoms with Gasteiger partial charge in [0.05, 0.1) is 6.10 Å². The number of methoxy groups -OCH3 is 1. The fourth-order valence-corrected chi connectivity index (χ4v) is 3.28. The van der Waals surface area contributed by atoms with E-state index in [9.17, 15) is 0 Å². The lowest BCUT2D eigenvalue weighted by atomic mass is 9.98. The van der Waals surface area contributed by atoms with Gasteiger partial charge in [0.15, 0.2) is 8.32 Å². The molecular formula is C16H34O2Si. The van der Waals surface area contributed by atoms with Crippen molar-refractivity contribution in [1.29, 1.82) is 0 Å². The normalized spacial score (nSPS) is 17.9. The fourth-order valence-electron chi connectivity index (χ4n) is 1.83. The minimum Gasteiger partial charge on any atom is -0.414 e. The third kappa shape index (κ3) is 5.80. The van der Waals surface area contributed by atoms with Crippen molar-refractivity contribution >= 4 is 8.32 Å². The van der Waals surface area contributed by atoms with E-state index in [4.69, 9.17) is 9.16 Å². The summed E-state index contributed by atoms with van der Waals surface area (Å²) in [6.45, 7) is 19.7. The molecule has 0 saturated heterocycles. The zero-order valence-electron chi connectivity index (χ0n) is 14.2.